The average Bonchev–Trinajstić information content (AvgIpc) is 2.48. The molecule has 0 saturated heterocycles. The normalized spacial score (nSPS) is 23.8. The van der Waals surface area contributed by atoms with E-state index in [9.17, 15) is 0 Å². The predicted molar refractivity (Wildman–Crippen MR) is 79.4 cm³/mol. The predicted octanol–water partition coefficient (Wildman–Crippen LogP) is 4.73. The Morgan fingerprint density at radius 2 is 1.94 bits per heavy atom. The molecule has 0 aromatic rings. The zero-order chi connectivity index (χ0) is 13.2. The van der Waals surface area contributed by atoms with Crippen molar-refractivity contribution in [1.82, 2.24) is 5.32 Å². The molecular formula is C17H27N. The molecule has 1 saturated carbocycles. The first-order valence-corrected chi connectivity index (χ1v) is 7.39. The smallest absolute Gasteiger partial charge is 0.0342 e. The Morgan fingerprint density at radius 3 is 2.56 bits per heavy atom. The van der Waals surface area contributed by atoms with Gasteiger partial charge in [-0.1, -0.05) is 44.9 Å². The standard InChI is InChI=1S/C17H27N/c1-5-13(2)16-14(3)11-17(12-18-15(16)4)9-7-6-8-10-17/h18H,2,4-12H2,1,3H3. The second-order valence-electron chi connectivity index (χ2n) is 6.18. The van der Waals surface area contributed by atoms with E-state index >= 15 is 0 Å². The van der Waals surface area contributed by atoms with Gasteiger partial charge in [-0.05, 0) is 49.2 Å². The number of nitrogens with one attached hydrogen (secondary N) is 1. The minimum atomic E-state index is 0.487. The summed E-state index contributed by atoms with van der Waals surface area (Å²) in [7, 11) is 0. The highest BCUT2D eigenvalue weighted by molar-refractivity contribution is 5.47. The van der Waals surface area contributed by atoms with Crippen LogP contribution in [0.25, 0.3) is 0 Å². The van der Waals surface area contributed by atoms with Gasteiger partial charge in [0.05, 0.1) is 0 Å². The van der Waals surface area contributed by atoms with Crippen molar-refractivity contribution in [3.63, 3.8) is 0 Å². The van der Waals surface area contributed by atoms with Gasteiger partial charge in [-0.2, -0.15) is 0 Å². The fourth-order valence-electron chi connectivity index (χ4n) is 3.70. The highest BCUT2D eigenvalue weighted by atomic mass is 14.9. The van der Waals surface area contributed by atoms with Gasteiger partial charge in [-0.25, -0.2) is 0 Å². The Morgan fingerprint density at radius 1 is 1.28 bits per heavy atom. The van der Waals surface area contributed by atoms with Gasteiger partial charge in [-0.15, -0.1) is 0 Å². The molecule has 0 amide bonds. The first-order valence-electron chi connectivity index (χ1n) is 7.39. The van der Waals surface area contributed by atoms with Crippen molar-refractivity contribution in [3.05, 3.63) is 35.6 Å². The van der Waals surface area contributed by atoms with E-state index in [0.717, 1.165) is 18.7 Å². The second kappa shape index (κ2) is 5.34. The average molecular weight is 245 g/mol. The lowest BCUT2D eigenvalue weighted by Gasteiger charge is -2.37. The molecule has 1 aliphatic carbocycles. The van der Waals surface area contributed by atoms with Crippen molar-refractivity contribution in [2.24, 2.45) is 5.41 Å². The van der Waals surface area contributed by atoms with Crippen LogP contribution >= 0.6 is 0 Å². The molecular weight excluding hydrogens is 218 g/mol. The molecule has 0 radical (unpaired) electrons. The van der Waals surface area contributed by atoms with Crippen molar-refractivity contribution < 1.29 is 0 Å². The molecule has 100 valence electrons. The summed E-state index contributed by atoms with van der Waals surface area (Å²) in [6.07, 6.45) is 9.19. The molecule has 1 spiro atoms. The van der Waals surface area contributed by atoms with E-state index in [1.807, 2.05) is 0 Å². The van der Waals surface area contributed by atoms with Gasteiger partial charge < -0.3 is 5.32 Å². The van der Waals surface area contributed by atoms with Crippen molar-refractivity contribution in [1.29, 1.82) is 0 Å². The zero-order valence-corrected chi connectivity index (χ0v) is 12.1. The van der Waals surface area contributed by atoms with Crippen molar-refractivity contribution in [2.75, 3.05) is 6.54 Å². The van der Waals surface area contributed by atoms with Gasteiger partial charge in [0.15, 0.2) is 0 Å². The largest absolute Gasteiger partial charge is 0.384 e. The van der Waals surface area contributed by atoms with Gasteiger partial charge >= 0.3 is 0 Å². The summed E-state index contributed by atoms with van der Waals surface area (Å²) in [5, 5.41) is 3.59. The van der Waals surface area contributed by atoms with Crippen LogP contribution in [-0.2, 0) is 0 Å². The fourth-order valence-corrected chi connectivity index (χ4v) is 3.70. The minimum absolute atomic E-state index is 0.487. The van der Waals surface area contributed by atoms with Crippen LogP contribution in [0.5, 0.6) is 0 Å². The molecule has 1 fully saturated rings. The van der Waals surface area contributed by atoms with E-state index in [0.29, 0.717) is 5.41 Å². The highest BCUT2D eigenvalue weighted by Crippen LogP contribution is 2.44. The monoisotopic (exact) mass is 245 g/mol. The van der Waals surface area contributed by atoms with E-state index in [2.05, 4.69) is 32.3 Å². The van der Waals surface area contributed by atoms with Crippen LogP contribution in [0.3, 0.4) is 0 Å². The summed E-state index contributed by atoms with van der Waals surface area (Å²) in [5.41, 5.74) is 5.64. The summed E-state index contributed by atoms with van der Waals surface area (Å²) < 4.78 is 0. The molecule has 1 nitrogen and oxygen atoms in total. The molecule has 1 heterocycles. The summed E-state index contributed by atoms with van der Waals surface area (Å²) in [5.74, 6) is 0. The summed E-state index contributed by atoms with van der Waals surface area (Å²) in [6, 6.07) is 0. The van der Waals surface area contributed by atoms with E-state index in [4.69, 9.17) is 0 Å². The van der Waals surface area contributed by atoms with E-state index < -0.39 is 0 Å². The Kier molecular flexibility index (Phi) is 3.99. The summed E-state index contributed by atoms with van der Waals surface area (Å²) in [4.78, 5) is 0. The topological polar surface area (TPSA) is 12.0 Å². The van der Waals surface area contributed by atoms with E-state index in [1.165, 1.54) is 55.2 Å². The molecule has 0 unspecified atom stereocenters. The Balaban J connectivity index is 2.27. The second-order valence-corrected chi connectivity index (χ2v) is 6.18. The molecule has 0 atom stereocenters. The van der Waals surface area contributed by atoms with Crippen LogP contribution in [0.2, 0.25) is 0 Å². The maximum atomic E-state index is 4.22. The lowest BCUT2D eigenvalue weighted by Crippen LogP contribution is -2.34. The lowest BCUT2D eigenvalue weighted by molar-refractivity contribution is 0.189. The molecule has 1 heteroatoms. The zero-order valence-electron chi connectivity index (χ0n) is 12.1. The van der Waals surface area contributed by atoms with Gasteiger partial charge in [0.2, 0.25) is 0 Å². The van der Waals surface area contributed by atoms with Gasteiger partial charge in [0.25, 0.3) is 0 Å². The first-order chi connectivity index (χ1) is 8.58. The molecule has 0 aromatic heterocycles. The number of hydrogen-bond acceptors (Lipinski definition) is 1. The Labute approximate surface area is 112 Å². The fraction of sp³-hybridized carbons (Fsp3) is 0.647. The van der Waals surface area contributed by atoms with Crippen LogP contribution in [0.15, 0.2) is 35.6 Å². The molecule has 1 aliphatic heterocycles. The van der Waals surface area contributed by atoms with Crippen LogP contribution in [-0.4, -0.2) is 6.54 Å². The van der Waals surface area contributed by atoms with Gasteiger partial charge in [0.1, 0.15) is 0 Å². The van der Waals surface area contributed by atoms with Crippen LogP contribution in [0, 0.1) is 5.41 Å². The number of hydrogen-bond donors (Lipinski definition) is 1. The lowest BCUT2D eigenvalue weighted by atomic mass is 9.70. The SMILES string of the molecule is C=C(CC)C1=C(C)CC2(CCCCC2)CNC1=C. The maximum Gasteiger partial charge on any atom is 0.0342 e. The highest BCUT2D eigenvalue weighted by Gasteiger charge is 2.34. The molecule has 18 heavy (non-hydrogen) atoms. The van der Waals surface area contributed by atoms with E-state index in [1.54, 1.807) is 0 Å². The van der Waals surface area contributed by atoms with Crippen LogP contribution in [0.1, 0.15) is 58.8 Å². The molecule has 1 N–H and O–H groups in total. The Bertz CT molecular complexity index is 380. The Hall–Kier alpha value is -0.980. The maximum absolute atomic E-state index is 4.22. The minimum Gasteiger partial charge on any atom is -0.384 e. The van der Waals surface area contributed by atoms with Crippen molar-refractivity contribution in [2.45, 2.75) is 58.8 Å². The third-order valence-corrected chi connectivity index (χ3v) is 4.74. The van der Waals surface area contributed by atoms with Crippen LogP contribution in [0.4, 0.5) is 0 Å². The molecule has 2 aliphatic rings. The molecule has 2 rings (SSSR count). The number of rotatable bonds is 2. The molecule has 0 aromatic carbocycles. The summed E-state index contributed by atoms with van der Waals surface area (Å²) in [6.45, 7) is 14.0. The number of allylic oxidation sites excluding steroid dienone is 2. The first kappa shape index (κ1) is 13.5. The third kappa shape index (κ3) is 2.55. The van der Waals surface area contributed by atoms with E-state index in [-0.39, 0.29) is 0 Å². The van der Waals surface area contributed by atoms with Crippen molar-refractivity contribution in [3.8, 4) is 0 Å². The van der Waals surface area contributed by atoms with Crippen molar-refractivity contribution >= 4 is 0 Å². The molecule has 0 bridgehead atoms. The van der Waals surface area contributed by atoms with Gasteiger partial charge in [0, 0.05) is 12.2 Å². The van der Waals surface area contributed by atoms with Crippen LogP contribution < -0.4 is 5.32 Å². The quantitative estimate of drug-likeness (QED) is 0.742. The third-order valence-electron chi connectivity index (χ3n) is 4.74. The summed E-state index contributed by atoms with van der Waals surface area (Å²) >= 11 is 0. The van der Waals surface area contributed by atoms with Gasteiger partial charge in [-0.3, -0.25) is 0 Å².